The Bertz CT molecular complexity index is 842. The molecule has 3 rings (SSSR count). The standard InChI is InChI=1S/C16H12FN3O3/c1-23-14-7-2-10(8-18-14)15-19-13(16(21)22)9-20(15)12-5-3-11(17)4-6-12/h2-9H,1H3,(H,21,22). The molecule has 1 aromatic carbocycles. The fourth-order valence-corrected chi connectivity index (χ4v) is 2.12. The number of halogens is 1. The quantitative estimate of drug-likeness (QED) is 0.801. The third kappa shape index (κ3) is 2.89. The molecular formula is C16H12FN3O3. The van der Waals surface area contributed by atoms with Crippen LogP contribution in [0, 0.1) is 5.82 Å². The second kappa shape index (κ2) is 5.88. The minimum atomic E-state index is -1.14. The number of aromatic carboxylic acids is 1. The van der Waals surface area contributed by atoms with E-state index in [4.69, 9.17) is 4.74 Å². The van der Waals surface area contributed by atoms with Crippen molar-refractivity contribution >= 4 is 5.97 Å². The van der Waals surface area contributed by atoms with Crippen LogP contribution in [0.15, 0.2) is 48.8 Å². The van der Waals surface area contributed by atoms with Gasteiger partial charge in [-0.05, 0) is 30.3 Å². The van der Waals surface area contributed by atoms with E-state index in [2.05, 4.69) is 9.97 Å². The van der Waals surface area contributed by atoms with Crippen molar-refractivity contribution in [2.24, 2.45) is 0 Å². The Morgan fingerprint density at radius 1 is 1.22 bits per heavy atom. The van der Waals surface area contributed by atoms with Crippen LogP contribution in [0.4, 0.5) is 4.39 Å². The molecule has 0 fully saturated rings. The summed E-state index contributed by atoms with van der Waals surface area (Å²) in [5.74, 6) is -0.690. The lowest BCUT2D eigenvalue weighted by Crippen LogP contribution is -1.97. The van der Waals surface area contributed by atoms with E-state index < -0.39 is 5.97 Å². The first kappa shape index (κ1) is 14.7. The molecule has 23 heavy (non-hydrogen) atoms. The number of hydrogen-bond acceptors (Lipinski definition) is 4. The first-order valence-corrected chi connectivity index (χ1v) is 6.67. The number of ether oxygens (including phenoxy) is 1. The predicted octanol–water partition coefficient (Wildman–Crippen LogP) is 2.78. The van der Waals surface area contributed by atoms with Gasteiger partial charge in [-0.25, -0.2) is 19.2 Å². The van der Waals surface area contributed by atoms with Gasteiger partial charge in [-0.1, -0.05) is 0 Å². The molecule has 0 unspecified atom stereocenters. The Morgan fingerprint density at radius 3 is 2.52 bits per heavy atom. The molecule has 0 atom stereocenters. The normalized spacial score (nSPS) is 10.5. The smallest absolute Gasteiger partial charge is 0.356 e. The summed E-state index contributed by atoms with van der Waals surface area (Å²) >= 11 is 0. The van der Waals surface area contributed by atoms with E-state index >= 15 is 0 Å². The third-order valence-corrected chi connectivity index (χ3v) is 3.23. The topological polar surface area (TPSA) is 77.2 Å². The molecule has 0 aliphatic carbocycles. The van der Waals surface area contributed by atoms with Crippen LogP contribution in [0.1, 0.15) is 10.5 Å². The number of rotatable bonds is 4. The van der Waals surface area contributed by atoms with Crippen LogP contribution in [0.5, 0.6) is 5.88 Å². The summed E-state index contributed by atoms with van der Waals surface area (Å²) in [4.78, 5) is 19.4. The second-order valence-corrected chi connectivity index (χ2v) is 4.69. The van der Waals surface area contributed by atoms with Gasteiger partial charge in [0.15, 0.2) is 5.69 Å². The van der Waals surface area contributed by atoms with Crippen LogP contribution in [0.25, 0.3) is 17.1 Å². The van der Waals surface area contributed by atoms with E-state index in [0.717, 1.165) is 0 Å². The van der Waals surface area contributed by atoms with E-state index in [1.54, 1.807) is 28.8 Å². The van der Waals surface area contributed by atoms with Gasteiger partial charge in [0.25, 0.3) is 0 Å². The molecule has 0 radical (unpaired) electrons. The maximum absolute atomic E-state index is 13.1. The van der Waals surface area contributed by atoms with Crippen molar-refractivity contribution in [2.45, 2.75) is 0 Å². The first-order valence-electron chi connectivity index (χ1n) is 6.67. The van der Waals surface area contributed by atoms with Crippen molar-refractivity contribution in [1.29, 1.82) is 0 Å². The number of pyridine rings is 1. The fourth-order valence-electron chi connectivity index (χ4n) is 2.12. The number of imidazole rings is 1. The van der Waals surface area contributed by atoms with E-state index in [9.17, 15) is 14.3 Å². The van der Waals surface area contributed by atoms with Crippen LogP contribution < -0.4 is 4.74 Å². The van der Waals surface area contributed by atoms with Crippen molar-refractivity contribution in [2.75, 3.05) is 7.11 Å². The molecule has 1 N–H and O–H groups in total. The molecule has 0 aliphatic heterocycles. The summed E-state index contributed by atoms with van der Waals surface area (Å²) in [5.41, 5.74) is 1.10. The number of hydrogen-bond donors (Lipinski definition) is 1. The van der Waals surface area contributed by atoms with Gasteiger partial charge in [-0.3, -0.25) is 4.57 Å². The van der Waals surface area contributed by atoms with Crippen LogP contribution in [0.2, 0.25) is 0 Å². The van der Waals surface area contributed by atoms with Gasteiger partial charge in [-0.15, -0.1) is 0 Å². The molecule has 2 heterocycles. The number of carboxylic acids is 1. The Morgan fingerprint density at radius 2 is 1.96 bits per heavy atom. The van der Waals surface area contributed by atoms with Gasteiger partial charge in [0.1, 0.15) is 11.6 Å². The molecule has 7 heteroatoms. The summed E-state index contributed by atoms with van der Waals surface area (Å²) in [5, 5.41) is 9.17. The molecule has 2 aromatic heterocycles. The Labute approximate surface area is 130 Å². The van der Waals surface area contributed by atoms with Crippen molar-refractivity contribution in [1.82, 2.24) is 14.5 Å². The number of aromatic nitrogens is 3. The van der Waals surface area contributed by atoms with Gasteiger partial charge in [0.2, 0.25) is 5.88 Å². The molecule has 6 nitrogen and oxygen atoms in total. The first-order chi connectivity index (χ1) is 11.1. The van der Waals surface area contributed by atoms with Gasteiger partial charge in [0.05, 0.1) is 7.11 Å². The van der Waals surface area contributed by atoms with E-state index in [1.165, 1.54) is 31.6 Å². The minimum Gasteiger partial charge on any atom is -0.481 e. The molecule has 0 bridgehead atoms. The average molecular weight is 313 g/mol. The van der Waals surface area contributed by atoms with Gasteiger partial charge in [0, 0.05) is 29.7 Å². The van der Waals surface area contributed by atoms with Crippen molar-refractivity contribution < 1.29 is 19.0 Å². The molecule has 0 amide bonds. The van der Waals surface area contributed by atoms with Crippen LogP contribution in [0.3, 0.4) is 0 Å². The van der Waals surface area contributed by atoms with E-state index in [-0.39, 0.29) is 11.5 Å². The van der Waals surface area contributed by atoms with Crippen molar-refractivity contribution in [3.8, 4) is 23.0 Å². The zero-order valence-corrected chi connectivity index (χ0v) is 12.1. The Kier molecular flexibility index (Phi) is 3.76. The summed E-state index contributed by atoms with van der Waals surface area (Å²) in [6, 6.07) is 9.06. The summed E-state index contributed by atoms with van der Waals surface area (Å²) < 4.78 is 19.7. The average Bonchev–Trinajstić information content (AvgIpc) is 3.01. The number of nitrogens with zero attached hydrogens (tertiary/aromatic N) is 3. The lowest BCUT2D eigenvalue weighted by molar-refractivity contribution is 0.0691. The van der Waals surface area contributed by atoms with Gasteiger partial charge >= 0.3 is 5.97 Å². The molecule has 0 aliphatic rings. The maximum atomic E-state index is 13.1. The second-order valence-electron chi connectivity index (χ2n) is 4.69. The third-order valence-electron chi connectivity index (χ3n) is 3.23. The lowest BCUT2D eigenvalue weighted by Gasteiger charge is -2.08. The highest BCUT2D eigenvalue weighted by molar-refractivity contribution is 5.86. The zero-order valence-electron chi connectivity index (χ0n) is 12.1. The van der Waals surface area contributed by atoms with Crippen molar-refractivity contribution in [3.63, 3.8) is 0 Å². The lowest BCUT2D eigenvalue weighted by atomic mass is 10.2. The van der Waals surface area contributed by atoms with Crippen molar-refractivity contribution in [3.05, 3.63) is 60.3 Å². The molecule has 0 saturated carbocycles. The maximum Gasteiger partial charge on any atom is 0.356 e. The molecule has 0 spiro atoms. The number of benzene rings is 1. The summed E-state index contributed by atoms with van der Waals surface area (Å²) in [7, 11) is 1.50. The van der Waals surface area contributed by atoms with Gasteiger partial charge < -0.3 is 9.84 Å². The summed E-state index contributed by atoms with van der Waals surface area (Å²) in [6.45, 7) is 0. The Hall–Kier alpha value is -3.22. The molecule has 0 saturated heterocycles. The highest BCUT2D eigenvalue weighted by atomic mass is 19.1. The highest BCUT2D eigenvalue weighted by Gasteiger charge is 2.16. The monoisotopic (exact) mass is 313 g/mol. The zero-order chi connectivity index (χ0) is 16.4. The summed E-state index contributed by atoms with van der Waals surface area (Å²) in [6.07, 6.45) is 2.92. The fraction of sp³-hybridized carbons (Fsp3) is 0.0625. The van der Waals surface area contributed by atoms with Crippen LogP contribution in [-0.2, 0) is 0 Å². The minimum absolute atomic E-state index is 0.111. The molecule has 116 valence electrons. The van der Waals surface area contributed by atoms with Crippen LogP contribution in [-0.4, -0.2) is 32.7 Å². The number of methoxy groups -OCH3 is 1. The Balaban J connectivity index is 2.13. The SMILES string of the molecule is COc1ccc(-c2nc(C(=O)O)cn2-c2ccc(F)cc2)cn1. The van der Waals surface area contributed by atoms with Crippen LogP contribution >= 0.6 is 0 Å². The number of carboxylic acid groups (broad SMARTS) is 1. The largest absolute Gasteiger partial charge is 0.481 e. The van der Waals surface area contributed by atoms with E-state index in [1.807, 2.05) is 0 Å². The van der Waals surface area contributed by atoms with Gasteiger partial charge in [-0.2, -0.15) is 0 Å². The molecule has 3 aromatic rings. The highest BCUT2D eigenvalue weighted by Crippen LogP contribution is 2.24. The number of carbonyl (C=O) groups is 1. The molecular weight excluding hydrogens is 301 g/mol. The van der Waals surface area contributed by atoms with E-state index in [0.29, 0.717) is 23.0 Å². The predicted molar refractivity (Wildman–Crippen MR) is 80.3 cm³/mol.